The highest BCUT2D eigenvalue weighted by molar-refractivity contribution is 7.17. The van der Waals surface area contributed by atoms with E-state index >= 15 is 0 Å². The fourth-order valence-electron chi connectivity index (χ4n) is 8.07. The van der Waals surface area contributed by atoms with Gasteiger partial charge in [0.25, 0.3) is 0 Å². The van der Waals surface area contributed by atoms with Crippen molar-refractivity contribution in [2.75, 3.05) is 16.5 Å². The van der Waals surface area contributed by atoms with E-state index in [1.54, 1.807) is 11.3 Å². The van der Waals surface area contributed by atoms with Crippen molar-refractivity contribution in [1.82, 2.24) is 19.5 Å². The number of pyridine rings is 2. The van der Waals surface area contributed by atoms with Gasteiger partial charge in [0, 0.05) is 29.2 Å². The Morgan fingerprint density at radius 3 is 1.96 bits per heavy atom. The summed E-state index contributed by atoms with van der Waals surface area (Å²) in [5.41, 5.74) is 15.2. The Morgan fingerprint density at radius 2 is 1.23 bits per heavy atom. The van der Waals surface area contributed by atoms with Crippen LogP contribution in [0.3, 0.4) is 0 Å². The van der Waals surface area contributed by atoms with Gasteiger partial charge in [-0.15, -0.1) is 11.3 Å². The molecule has 0 atom stereocenters. The summed E-state index contributed by atoms with van der Waals surface area (Å²) >= 11 is 1.67. The van der Waals surface area contributed by atoms with Crippen molar-refractivity contribution in [3.8, 4) is 5.82 Å². The standard InChI is InChI=1S/C50H40N6S/c1-50(2,3)38-26-28-51-44(31-38)56-43-30-37(24-25-41(43)47-49(56)53-32-57-47)46(45(34-15-7-4-8-16-34)35-17-9-5-10-18-35)36-19-13-22-40(29-36)55-33-54(39-20-11-6-12-21-39)42-23-14-27-52-48(42)55/h4-32H,33H2,1-3H3. The van der Waals surface area contributed by atoms with Crippen molar-refractivity contribution in [3.63, 3.8) is 0 Å². The molecule has 10 rings (SSSR count). The molecule has 0 bridgehead atoms. The predicted octanol–water partition coefficient (Wildman–Crippen LogP) is 12.6. The van der Waals surface area contributed by atoms with Gasteiger partial charge in [-0.1, -0.05) is 124 Å². The van der Waals surface area contributed by atoms with Crippen LogP contribution in [0.2, 0.25) is 0 Å². The minimum atomic E-state index is -0.0301. The number of fused-ring (bicyclic) bond motifs is 4. The maximum atomic E-state index is 4.94. The van der Waals surface area contributed by atoms with Crippen LogP contribution in [-0.2, 0) is 5.41 Å². The average Bonchev–Trinajstić information content (AvgIpc) is 3.97. The predicted molar refractivity (Wildman–Crippen MR) is 237 cm³/mol. The number of aromatic nitrogens is 4. The smallest absolute Gasteiger partial charge is 0.158 e. The lowest BCUT2D eigenvalue weighted by atomic mass is 9.85. The minimum absolute atomic E-state index is 0.0301. The first-order valence-corrected chi connectivity index (χ1v) is 20.2. The maximum absolute atomic E-state index is 4.94. The van der Waals surface area contributed by atoms with Crippen molar-refractivity contribution in [2.24, 2.45) is 0 Å². The second-order valence-electron chi connectivity index (χ2n) is 15.4. The zero-order chi connectivity index (χ0) is 38.5. The molecule has 57 heavy (non-hydrogen) atoms. The van der Waals surface area contributed by atoms with E-state index in [4.69, 9.17) is 15.0 Å². The van der Waals surface area contributed by atoms with Crippen LogP contribution in [0.4, 0.5) is 22.9 Å². The molecule has 0 spiro atoms. The van der Waals surface area contributed by atoms with E-state index in [0.717, 1.165) is 83.3 Å². The second kappa shape index (κ2) is 14.0. The quantitative estimate of drug-likeness (QED) is 0.152. The summed E-state index contributed by atoms with van der Waals surface area (Å²) in [5.74, 6) is 1.81. The minimum Gasteiger partial charge on any atom is -0.320 e. The SMILES string of the molecule is CC(C)(C)c1ccnc(-n2c3cc(C(=C(c4ccccc4)c4ccccc4)c4cccc(N5CN(c6ccccc6)c6cccnc65)c4)ccc3c3scnc32)c1. The van der Waals surface area contributed by atoms with Crippen LogP contribution in [0.5, 0.6) is 0 Å². The first kappa shape index (κ1) is 34.6. The van der Waals surface area contributed by atoms with Crippen molar-refractivity contribution >= 4 is 66.6 Å². The van der Waals surface area contributed by atoms with E-state index in [0.29, 0.717) is 6.67 Å². The fraction of sp³-hybridized carbons (Fsp3) is 0.100. The summed E-state index contributed by atoms with van der Waals surface area (Å²) in [6, 6.07) is 56.4. The van der Waals surface area contributed by atoms with E-state index in [-0.39, 0.29) is 5.41 Å². The number of thiazole rings is 1. The fourth-order valence-corrected chi connectivity index (χ4v) is 8.88. The van der Waals surface area contributed by atoms with Crippen molar-refractivity contribution in [1.29, 1.82) is 0 Å². The topological polar surface area (TPSA) is 50.1 Å². The molecule has 0 radical (unpaired) electrons. The van der Waals surface area contributed by atoms with Crippen LogP contribution in [-0.4, -0.2) is 26.2 Å². The molecule has 7 heteroatoms. The zero-order valence-electron chi connectivity index (χ0n) is 32.0. The molecular weight excluding hydrogens is 717 g/mol. The summed E-state index contributed by atoms with van der Waals surface area (Å²) in [6.07, 6.45) is 3.81. The number of rotatable bonds is 7. The normalized spacial score (nSPS) is 12.7. The van der Waals surface area contributed by atoms with Crippen LogP contribution >= 0.6 is 11.3 Å². The Balaban J connectivity index is 1.21. The molecule has 0 fully saturated rings. The highest BCUT2D eigenvalue weighted by atomic mass is 32.1. The molecule has 4 aromatic heterocycles. The first-order valence-electron chi connectivity index (χ1n) is 19.3. The molecule has 1 aliphatic rings. The third-order valence-corrected chi connectivity index (χ3v) is 11.7. The van der Waals surface area contributed by atoms with E-state index < -0.39 is 0 Å². The molecule has 5 aromatic carbocycles. The average molecular weight is 757 g/mol. The van der Waals surface area contributed by atoms with Crippen LogP contribution in [0.1, 0.15) is 48.6 Å². The van der Waals surface area contributed by atoms with Gasteiger partial charge in [-0.2, -0.15) is 0 Å². The number of nitrogens with zero attached hydrogens (tertiary/aromatic N) is 6. The zero-order valence-corrected chi connectivity index (χ0v) is 32.9. The lowest BCUT2D eigenvalue weighted by molar-refractivity contribution is 0.588. The molecule has 5 heterocycles. The van der Waals surface area contributed by atoms with E-state index in [1.165, 1.54) is 5.56 Å². The van der Waals surface area contributed by atoms with Crippen LogP contribution in [0.15, 0.2) is 176 Å². The van der Waals surface area contributed by atoms with Crippen LogP contribution < -0.4 is 9.80 Å². The Bertz CT molecular complexity index is 2880. The van der Waals surface area contributed by atoms with Gasteiger partial charge in [-0.25, -0.2) is 15.0 Å². The van der Waals surface area contributed by atoms with Gasteiger partial charge in [-0.3, -0.25) is 4.57 Å². The third kappa shape index (κ3) is 6.17. The highest BCUT2D eigenvalue weighted by Crippen LogP contribution is 2.45. The Hall–Kier alpha value is -6.83. The number of hydrogen-bond donors (Lipinski definition) is 0. The molecular formula is C50H40N6S. The summed E-state index contributed by atoms with van der Waals surface area (Å²) in [5, 5.41) is 1.16. The van der Waals surface area contributed by atoms with E-state index in [9.17, 15) is 0 Å². The third-order valence-electron chi connectivity index (χ3n) is 10.9. The number of hydrogen-bond acceptors (Lipinski definition) is 6. The van der Waals surface area contributed by atoms with E-state index in [2.05, 4.69) is 187 Å². The monoisotopic (exact) mass is 756 g/mol. The largest absolute Gasteiger partial charge is 0.320 e. The summed E-state index contributed by atoms with van der Waals surface area (Å²) in [6.45, 7) is 7.37. The Kier molecular flexibility index (Phi) is 8.53. The molecule has 0 aliphatic carbocycles. The number of anilines is 4. The summed E-state index contributed by atoms with van der Waals surface area (Å²) < 4.78 is 3.39. The van der Waals surface area contributed by atoms with Crippen LogP contribution in [0, 0.1) is 0 Å². The molecule has 0 N–H and O–H groups in total. The molecule has 0 saturated heterocycles. The van der Waals surface area contributed by atoms with Crippen LogP contribution in [0.25, 0.3) is 38.2 Å². The van der Waals surface area contributed by atoms with Gasteiger partial charge in [0.05, 0.1) is 21.4 Å². The molecule has 0 unspecified atom stereocenters. The lowest BCUT2D eigenvalue weighted by Gasteiger charge is -2.23. The molecule has 276 valence electrons. The van der Waals surface area contributed by atoms with Crippen molar-refractivity contribution in [2.45, 2.75) is 26.2 Å². The highest BCUT2D eigenvalue weighted by Gasteiger charge is 2.30. The van der Waals surface area contributed by atoms with Gasteiger partial charge >= 0.3 is 0 Å². The molecule has 0 saturated carbocycles. The van der Waals surface area contributed by atoms with E-state index in [1.807, 2.05) is 24.0 Å². The van der Waals surface area contributed by atoms with Gasteiger partial charge in [-0.05, 0) is 99.0 Å². The van der Waals surface area contributed by atoms with Crippen molar-refractivity contribution in [3.05, 3.63) is 203 Å². The summed E-state index contributed by atoms with van der Waals surface area (Å²) in [7, 11) is 0. The first-order chi connectivity index (χ1) is 27.9. The maximum Gasteiger partial charge on any atom is 0.158 e. The van der Waals surface area contributed by atoms with Crippen molar-refractivity contribution < 1.29 is 0 Å². The second-order valence-corrected chi connectivity index (χ2v) is 16.3. The molecule has 1 aliphatic heterocycles. The van der Waals surface area contributed by atoms with Gasteiger partial charge in [0.1, 0.15) is 12.5 Å². The van der Waals surface area contributed by atoms with Gasteiger partial charge < -0.3 is 9.80 Å². The molecule has 6 nitrogen and oxygen atoms in total. The van der Waals surface area contributed by atoms with Gasteiger partial charge in [0.2, 0.25) is 0 Å². The van der Waals surface area contributed by atoms with Gasteiger partial charge in [0.15, 0.2) is 11.5 Å². The summed E-state index contributed by atoms with van der Waals surface area (Å²) in [4.78, 5) is 19.4. The number of benzene rings is 5. The molecule has 9 aromatic rings. The molecule has 0 amide bonds. The lowest BCUT2D eigenvalue weighted by Crippen LogP contribution is -2.24. The number of para-hydroxylation sites is 1. The Morgan fingerprint density at radius 1 is 0.561 bits per heavy atom. The Labute approximate surface area is 336 Å².